The summed E-state index contributed by atoms with van der Waals surface area (Å²) in [7, 11) is 1.60. The number of carbonyl (C=O) groups excluding carboxylic acids is 1. The Bertz CT molecular complexity index is 682. The van der Waals surface area contributed by atoms with Crippen LogP contribution in [0.2, 0.25) is 0 Å². The molecule has 1 amide bonds. The van der Waals surface area contributed by atoms with E-state index >= 15 is 0 Å². The number of anilines is 1. The largest absolute Gasteiger partial charge is 0.497 e. The van der Waals surface area contributed by atoms with Gasteiger partial charge in [-0.2, -0.15) is 0 Å². The third kappa shape index (κ3) is 4.49. The molecule has 1 atom stereocenters. The highest BCUT2D eigenvalue weighted by molar-refractivity contribution is 5.94. The van der Waals surface area contributed by atoms with Gasteiger partial charge in [0, 0.05) is 11.8 Å². The predicted octanol–water partition coefficient (Wildman–Crippen LogP) is 4.11. The Labute approximate surface area is 137 Å². The molecule has 1 N–H and O–H groups in total. The number of ether oxygens (including phenoxy) is 2. The fourth-order valence-electron chi connectivity index (χ4n) is 2.23. The van der Waals surface area contributed by atoms with Gasteiger partial charge in [-0.3, -0.25) is 4.79 Å². The molecule has 4 nitrogen and oxygen atoms in total. The molecule has 122 valence electrons. The Kier molecular flexibility index (Phi) is 5.63. The van der Waals surface area contributed by atoms with E-state index in [1.165, 1.54) is 0 Å². The van der Waals surface area contributed by atoms with Crippen LogP contribution in [0.4, 0.5) is 5.69 Å². The highest BCUT2D eigenvalue weighted by Crippen LogP contribution is 2.22. The Morgan fingerprint density at radius 3 is 2.65 bits per heavy atom. The van der Waals surface area contributed by atoms with E-state index in [0.29, 0.717) is 17.9 Å². The van der Waals surface area contributed by atoms with Crippen LogP contribution in [0.3, 0.4) is 0 Å². The number of methoxy groups -OCH3 is 1. The van der Waals surface area contributed by atoms with Gasteiger partial charge < -0.3 is 14.8 Å². The second-order valence-electron chi connectivity index (χ2n) is 5.50. The standard InChI is InChI=1S/C19H23NO3/c1-5-17(23-18-11-13(2)9-10-14(18)3)19(21)20-15-7-6-8-16(12-15)22-4/h6-12,17H,5H2,1-4H3,(H,20,21)/t17-/m0/s1. The van der Waals surface area contributed by atoms with Crippen molar-refractivity contribution in [2.24, 2.45) is 0 Å². The molecule has 23 heavy (non-hydrogen) atoms. The summed E-state index contributed by atoms with van der Waals surface area (Å²) in [6.07, 6.45) is 0.0464. The van der Waals surface area contributed by atoms with Gasteiger partial charge in [0.15, 0.2) is 6.10 Å². The molecule has 0 radical (unpaired) electrons. The maximum atomic E-state index is 12.5. The summed E-state index contributed by atoms with van der Waals surface area (Å²) >= 11 is 0. The van der Waals surface area contributed by atoms with Gasteiger partial charge >= 0.3 is 0 Å². The summed E-state index contributed by atoms with van der Waals surface area (Å²) in [6.45, 7) is 5.91. The Hall–Kier alpha value is -2.49. The fourth-order valence-corrected chi connectivity index (χ4v) is 2.23. The number of benzene rings is 2. The van der Waals surface area contributed by atoms with Gasteiger partial charge in [0.05, 0.1) is 7.11 Å². The molecule has 0 aliphatic rings. The first-order valence-electron chi connectivity index (χ1n) is 7.72. The van der Waals surface area contributed by atoms with Crippen LogP contribution in [0.1, 0.15) is 24.5 Å². The van der Waals surface area contributed by atoms with E-state index in [0.717, 1.165) is 16.9 Å². The average Bonchev–Trinajstić information content (AvgIpc) is 2.55. The number of nitrogens with one attached hydrogen (secondary N) is 1. The lowest BCUT2D eigenvalue weighted by Crippen LogP contribution is -2.32. The summed E-state index contributed by atoms with van der Waals surface area (Å²) in [5.41, 5.74) is 2.81. The molecule has 0 spiro atoms. The summed E-state index contributed by atoms with van der Waals surface area (Å²) in [4.78, 5) is 12.5. The first kappa shape index (κ1) is 16.9. The van der Waals surface area contributed by atoms with Crippen molar-refractivity contribution in [1.29, 1.82) is 0 Å². The van der Waals surface area contributed by atoms with Gasteiger partial charge in [-0.1, -0.05) is 25.1 Å². The highest BCUT2D eigenvalue weighted by atomic mass is 16.5. The van der Waals surface area contributed by atoms with Crippen molar-refractivity contribution in [3.63, 3.8) is 0 Å². The molecule has 0 aromatic heterocycles. The minimum Gasteiger partial charge on any atom is -0.497 e. The Morgan fingerprint density at radius 2 is 1.96 bits per heavy atom. The number of aryl methyl sites for hydroxylation is 2. The zero-order valence-electron chi connectivity index (χ0n) is 14.1. The molecule has 0 heterocycles. The van der Waals surface area contributed by atoms with E-state index in [1.54, 1.807) is 13.2 Å². The van der Waals surface area contributed by atoms with Gasteiger partial charge in [-0.25, -0.2) is 0 Å². The van der Waals surface area contributed by atoms with E-state index in [1.807, 2.05) is 57.2 Å². The van der Waals surface area contributed by atoms with Crippen molar-refractivity contribution < 1.29 is 14.3 Å². The summed E-state index contributed by atoms with van der Waals surface area (Å²) in [5.74, 6) is 1.28. The van der Waals surface area contributed by atoms with E-state index in [2.05, 4.69) is 5.32 Å². The first-order chi connectivity index (χ1) is 11.0. The van der Waals surface area contributed by atoms with Crippen molar-refractivity contribution >= 4 is 11.6 Å². The lowest BCUT2D eigenvalue weighted by atomic mass is 10.1. The number of hydrogen-bond donors (Lipinski definition) is 1. The van der Waals surface area contributed by atoms with Crippen LogP contribution in [0, 0.1) is 13.8 Å². The van der Waals surface area contributed by atoms with Gasteiger partial charge in [-0.15, -0.1) is 0 Å². The van der Waals surface area contributed by atoms with Crippen molar-refractivity contribution in [1.82, 2.24) is 0 Å². The smallest absolute Gasteiger partial charge is 0.265 e. The van der Waals surface area contributed by atoms with Crippen molar-refractivity contribution in [3.05, 3.63) is 53.6 Å². The molecular formula is C19H23NO3. The molecule has 2 aromatic carbocycles. The third-order valence-electron chi connectivity index (χ3n) is 3.61. The molecule has 0 aliphatic carbocycles. The minimum atomic E-state index is -0.540. The van der Waals surface area contributed by atoms with Crippen molar-refractivity contribution in [2.75, 3.05) is 12.4 Å². The Balaban J connectivity index is 2.10. The maximum Gasteiger partial charge on any atom is 0.265 e. The molecule has 0 fully saturated rings. The number of hydrogen-bond acceptors (Lipinski definition) is 3. The molecule has 0 saturated heterocycles. The number of rotatable bonds is 6. The van der Waals surface area contributed by atoms with Crippen LogP contribution < -0.4 is 14.8 Å². The topological polar surface area (TPSA) is 47.6 Å². The SMILES string of the molecule is CC[C@H](Oc1cc(C)ccc1C)C(=O)Nc1cccc(OC)c1. The second kappa shape index (κ2) is 7.68. The average molecular weight is 313 g/mol. The second-order valence-corrected chi connectivity index (χ2v) is 5.50. The van der Waals surface area contributed by atoms with Crippen LogP contribution in [0.25, 0.3) is 0 Å². The van der Waals surface area contributed by atoms with Gasteiger partial charge in [0.1, 0.15) is 11.5 Å². The van der Waals surface area contributed by atoms with E-state index in [-0.39, 0.29) is 5.91 Å². The van der Waals surface area contributed by atoms with Crippen molar-refractivity contribution in [3.8, 4) is 11.5 Å². The van der Waals surface area contributed by atoms with E-state index in [4.69, 9.17) is 9.47 Å². The summed E-state index contributed by atoms with van der Waals surface area (Å²) in [5, 5.41) is 2.88. The molecule has 0 bridgehead atoms. The molecule has 0 saturated carbocycles. The van der Waals surface area contributed by atoms with Crippen LogP contribution in [0.15, 0.2) is 42.5 Å². The normalized spacial score (nSPS) is 11.7. The van der Waals surface area contributed by atoms with Crippen LogP contribution in [0.5, 0.6) is 11.5 Å². The quantitative estimate of drug-likeness (QED) is 0.873. The monoisotopic (exact) mass is 313 g/mol. The zero-order chi connectivity index (χ0) is 16.8. The molecule has 0 aliphatic heterocycles. The predicted molar refractivity (Wildman–Crippen MR) is 92.2 cm³/mol. The van der Waals surface area contributed by atoms with Crippen LogP contribution in [-0.4, -0.2) is 19.1 Å². The van der Waals surface area contributed by atoms with Crippen molar-refractivity contribution in [2.45, 2.75) is 33.3 Å². The lowest BCUT2D eigenvalue weighted by molar-refractivity contribution is -0.122. The van der Waals surface area contributed by atoms with E-state index < -0.39 is 6.10 Å². The Morgan fingerprint density at radius 1 is 1.17 bits per heavy atom. The third-order valence-corrected chi connectivity index (χ3v) is 3.61. The summed E-state index contributed by atoms with van der Waals surface area (Å²) < 4.78 is 11.1. The maximum absolute atomic E-state index is 12.5. The zero-order valence-corrected chi connectivity index (χ0v) is 14.1. The lowest BCUT2D eigenvalue weighted by Gasteiger charge is -2.19. The molecular weight excluding hydrogens is 290 g/mol. The summed E-state index contributed by atoms with van der Waals surface area (Å²) in [6, 6.07) is 13.3. The van der Waals surface area contributed by atoms with Crippen LogP contribution in [-0.2, 0) is 4.79 Å². The first-order valence-corrected chi connectivity index (χ1v) is 7.72. The van der Waals surface area contributed by atoms with Gasteiger partial charge in [0.25, 0.3) is 5.91 Å². The number of carbonyl (C=O) groups is 1. The molecule has 0 unspecified atom stereocenters. The molecule has 2 aromatic rings. The van der Waals surface area contributed by atoms with Gasteiger partial charge in [0.2, 0.25) is 0 Å². The fraction of sp³-hybridized carbons (Fsp3) is 0.316. The van der Waals surface area contributed by atoms with Gasteiger partial charge in [-0.05, 0) is 49.6 Å². The van der Waals surface area contributed by atoms with E-state index in [9.17, 15) is 4.79 Å². The molecule has 4 heteroatoms. The molecule has 2 rings (SSSR count). The highest BCUT2D eigenvalue weighted by Gasteiger charge is 2.19. The minimum absolute atomic E-state index is 0.165. The van der Waals surface area contributed by atoms with Crippen LogP contribution >= 0.6 is 0 Å². The number of amides is 1.